The van der Waals surface area contributed by atoms with Gasteiger partial charge < -0.3 is 20.2 Å². The Bertz CT molecular complexity index is 232. The summed E-state index contributed by atoms with van der Waals surface area (Å²) < 4.78 is 0. The highest BCUT2D eigenvalue weighted by Gasteiger charge is 2.06. The summed E-state index contributed by atoms with van der Waals surface area (Å²) in [6, 6.07) is 0. The van der Waals surface area contributed by atoms with E-state index in [-0.39, 0.29) is 19.4 Å². The Balaban J connectivity index is 3.61. The number of nitrogens with zero attached hydrogens (tertiary/aromatic N) is 1. The molecule has 0 bridgehead atoms. The van der Waals surface area contributed by atoms with Gasteiger partial charge in [-0.25, -0.2) is 0 Å². The molecule has 0 aliphatic carbocycles. The van der Waals surface area contributed by atoms with Crippen LogP contribution in [0, 0.1) is 0 Å². The van der Waals surface area contributed by atoms with Gasteiger partial charge in [0.2, 0.25) is 0 Å². The van der Waals surface area contributed by atoms with Crippen LogP contribution in [0.3, 0.4) is 0 Å². The molecule has 0 amide bonds. The summed E-state index contributed by atoms with van der Waals surface area (Å²) in [7, 11) is 0. The molecule has 0 spiro atoms. The first-order chi connectivity index (χ1) is 8.06. The third kappa shape index (κ3) is 11.1. The number of aliphatic hydroxyl groups excluding tert-OH is 1. The fourth-order valence-electron chi connectivity index (χ4n) is 1.52. The van der Waals surface area contributed by atoms with Crippen molar-refractivity contribution in [2.24, 2.45) is 0 Å². The Kier molecular flexibility index (Phi) is 9.37. The van der Waals surface area contributed by atoms with E-state index < -0.39 is 11.9 Å². The van der Waals surface area contributed by atoms with E-state index in [1.165, 1.54) is 0 Å². The van der Waals surface area contributed by atoms with Gasteiger partial charge in [0.15, 0.2) is 0 Å². The van der Waals surface area contributed by atoms with Gasteiger partial charge in [-0.05, 0) is 19.4 Å². The summed E-state index contributed by atoms with van der Waals surface area (Å²) in [4.78, 5) is 22.6. The van der Waals surface area contributed by atoms with Crippen molar-refractivity contribution in [3.63, 3.8) is 0 Å². The summed E-state index contributed by atoms with van der Waals surface area (Å²) in [5.74, 6) is -1.64. The zero-order valence-electron chi connectivity index (χ0n) is 9.97. The van der Waals surface area contributed by atoms with Gasteiger partial charge >= 0.3 is 11.9 Å². The van der Waals surface area contributed by atoms with E-state index in [4.69, 9.17) is 15.3 Å². The topological polar surface area (TPSA) is 98.1 Å². The molecule has 0 fully saturated rings. The predicted octanol–water partition coefficient (Wildman–Crippen LogP) is 0.400. The van der Waals surface area contributed by atoms with Crippen molar-refractivity contribution < 1.29 is 24.9 Å². The lowest BCUT2D eigenvalue weighted by Crippen LogP contribution is -2.30. The van der Waals surface area contributed by atoms with E-state index in [1.54, 1.807) is 0 Å². The van der Waals surface area contributed by atoms with Crippen LogP contribution in [-0.4, -0.2) is 58.4 Å². The van der Waals surface area contributed by atoms with Crippen molar-refractivity contribution in [1.29, 1.82) is 0 Å². The molecule has 6 nitrogen and oxygen atoms in total. The third-order valence-electron chi connectivity index (χ3n) is 2.42. The van der Waals surface area contributed by atoms with E-state index in [1.807, 2.05) is 4.90 Å². The van der Waals surface area contributed by atoms with E-state index >= 15 is 0 Å². The molecule has 0 aromatic heterocycles. The van der Waals surface area contributed by atoms with Gasteiger partial charge in [-0.1, -0.05) is 6.42 Å². The van der Waals surface area contributed by atoms with Gasteiger partial charge in [0.1, 0.15) is 0 Å². The molecule has 0 unspecified atom stereocenters. The fraction of sp³-hybridized carbons (Fsp3) is 0.818. The second kappa shape index (κ2) is 10.0. The highest BCUT2D eigenvalue weighted by Crippen LogP contribution is 2.02. The summed E-state index contributed by atoms with van der Waals surface area (Å²) >= 11 is 0. The highest BCUT2D eigenvalue weighted by molar-refractivity contribution is 5.67. The molecule has 0 saturated carbocycles. The lowest BCUT2D eigenvalue weighted by atomic mass is 10.2. The Morgan fingerprint density at radius 2 is 1.47 bits per heavy atom. The summed E-state index contributed by atoms with van der Waals surface area (Å²) in [5.41, 5.74) is 0. The number of carbonyl (C=O) groups is 2. The van der Waals surface area contributed by atoms with Crippen LogP contribution < -0.4 is 0 Å². The van der Waals surface area contributed by atoms with Gasteiger partial charge in [0, 0.05) is 19.5 Å². The molecular formula is C11H21NO5. The van der Waals surface area contributed by atoms with Gasteiger partial charge in [-0.2, -0.15) is 0 Å². The normalized spacial score (nSPS) is 10.7. The van der Waals surface area contributed by atoms with Crippen molar-refractivity contribution in [1.82, 2.24) is 4.90 Å². The van der Waals surface area contributed by atoms with E-state index in [2.05, 4.69) is 0 Å². The Morgan fingerprint density at radius 3 is 2.00 bits per heavy atom. The van der Waals surface area contributed by atoms with Crippen LogP contribution in [0.4, 0.5) is 0 Å². The number of hydrogen-bond acceptors (Lipinski definition) is 4. The van der Waals surface area contributed by atoms with Crippen LogP contribution in [0.15, 0.2) is 0 Å². The van der Waals surface area contributed by atoms with Gasteiger partial charge in [-0.15, -0.1) is 0 Å². The average molecular weight is 247 g/mol. The molecule has 100 valence electrons. The molecule has 6 heteroatoms. The predicted molar refractivity (Wildman–Crippen MR) is 61.9 cm³/mol. The lowest BCUT2D eigenvalue weighted by molar-refractivity contribution is -0.138. The van der Waals surface area contributed by atoms with E-state index in [9.17, 15) is 9.59 Å². The second-order valence-corrected chi connectivity index (χ2v) is 3.91. The van der Waals surface area contributed by atoms with Crippen molar-refractivity contribution in [2.45, 2.75) is 32.1 Å². The maximum atomic E-state index is 10.4. The Hall–Kier alpha value is -1.14. The monoisotopic (exact) mass is 247 g/mol. The third-order valence-corrected chi connectivity index (χ3v) is 2.42. The minimum absolute atomic E-state index is 0.00868. The van der Waals surface area contributed by atoms with E-state index in [0.717, 1.165) is 12.8 Å². The quantitative estimate of drug-likeness (QED) is 0.457. The molecule has 0 aromatic carbocycles. The number of hydrogen-bond donors (Lipinski definition) is 3. The number of aliphatic hydroxyl groups is 1. The SMILES string of the molecule is O=C(O)CCCCCN(CCO)CCC(=O)O. The molecule has 0 aromatic rings. The van der Waals surface area contributed by atoms with Gasteiger partial charge in [-0.3, -0.25) is 9.59 Å². The molecule has 0 atom stereocenters. The van der Waals surface area contributed by atoms with E-state index in [0.29, 0.717) is 26.1 Å². The lowest BCUT2D eigenvalue weighted by Gasteiger charge is -2.20. The van der Waals surface area contributed by atoms with Crippen molar-refractivity contribution in [3.05, 3.63) is 0 Å². The van der Waals surface area contributed by atoms with Crippen LogP contribution in [0.5, 0.6) is 0 Å². The number of rotatable bonds is 11. The molecular weight excluding hydrogens is 226 g/mol. The maximum absolute atomic E-state index is 10.4. The minimum atomic E-state index is -0.848. The van der Waals surface area contributed by atoms with Gasteiger partial charge in [0.25, 0.3) is 0 Å². The van der Waals surface area contributed by atoms with Gasteiger partial charge in [0.05, 0.1) is 13.0 Å². The zero-order chi connectivity index (χ0) is 13.1. The second-order valence-electron chi connectivity index (χ2n) is 3.91. The van der Waals surface area contributed by atoms with Crippen LogP contribution in [0.1, 0.15) is 32.1 Å². The highest BCUT2D eigenvalue weighted by atomic mass is 16.4. The number of aliphatic carboxylic acids is 2. The first-order valence-corrected chi connectivity index (χ1v) is 5.83. The molecule has 0 saturated heterocycles. The van der Waals surface area contributed by atoms with Crippen molar-refractivity contribution in [3.8, 4) is 0 Å². The van der Waals surface area contributed by atoms with Crippen molar-refractivity contribution in [2.75, 3.05) is 26.2 Å². The Labute approximate surface area is 101 Å². The first-order valence-electron chi connectivity index (χ1n) is 5.83. The number of carboxylic acid groups (broad SMARTS) is 2. The van der Waals surface area contributed by atoms with Crippen LogP contribution in [0.2, 0.25) is 0 Å². The summed E-state index contributed by atoms with van der Waals surface area (Å²) in [5, 5.41) is 25.8. The molecule has 0 aliphatic heterocycles. The Morgan fingerprint density at radius 1 is 0.824 bits per heavy atom. The largest absolute Gasteiger partial charge is 0.481 e. The maximum Gasteiger partial charge on any atom is 0.304 e. The van der Waals surface area contributed by atoms with Crippen LogP contribution in [-0.2, 0) is 9.59 Å². The first kappa shape index (κ1) is 15.9. The standard InChI is InChI=1S/C11H21NO5/c13-9-8-12(7-5-11(16)17)6-3-1-2-4-10(14)15/h13H,1-9H2,(H,14,15)(H,16,17). The molecule has 0 radical (unpaired) electrons. The molecule has 0 aliphatic rings. The number of carboxylic acids is 2. The minimum Gasteiger partial charge on any atom is -0.481 e. The fourth-order valence-corrected chi connectivity index (χ4v) is 1.52. The van der Waals surface area contributed by atoms with Crippen LogP contribution >= 0.6 is 0 Å². The van der Waals surface area contributed by atoms with Crippen molar-refractivity contribution >= 4 is 11.9 Å². The number of unbranched alkanes of at least 4 members (excludes halogenated alkanes) is 2. The average Bonchev–Trinajstić information content (AvgIpc) is 2.24. The molecule has 0 rings (SSSR count). The van der Waals surface area contributed by atoms with Crippen LogP contribution in [0.25, 0.3) is 0 Å². The molecule has 17 heavy (non-hydrogen) atoms. The smallest absolute Gasteiger partial charge is 0.304 e. The molecule has 3 N–H and O–H groups in total. The summed E-state index contributed by atoms with van der Waals surface area (Å²) in [6.07, 6.45) is 2.51. The summed E-state index contributed by atoms with van der Waals surface area (Å²) in [6.45, 7) is 1.60. The molecule has 0 heterocycles. The zero-order valence-corrected chi connectivity index (χ0v) is 9.97.